The number of hydrogen-bond donors (Lipinski definition) is 2. The Bertz CT molecular complexity index is 1060. The summed E-state index contributed by atoms with van der Waals surface area (Å²) in [5, 5.41) is 6.27. The van der Waals surface area contributed by atoms with E-state index in [0.29, 0.717) is 28.8 Å². The van der Waals surface area contributed by atoms with Gasteiger partial charge in [0.15, 0.2) is 0 Å². The third kappa shape index (κ3) is 3.51. The van der Waals surface area contributed by atoms with Gasteiger partial charge in [0.2, 0.25) is 5.91 Å². The quantitative estimate of drug-likeness (QED) is 0.706. The average molecular weight is 395 g/mol. The van der Waals surface area contributed by atoms with Crippen molar-refractivity contribution in [3.8, 4) is 11.4 Å². The lowest BCUT2D eigenvalue weighted by atomic mass is 10.1. The Balaban J connectivity index is 1.63. The standard InChI is InChI=1S/C21H19ClN4O2/c1-13-5-2-3-8-17(13)20-23-12-18-21(28)24-11-16(26(18)20)10-19(27)25-15-7-4-6-14(22)9-15/h2-9,12,16H,10-11H2,1H3,(H,24,28)(H,25,27). The van der Waals surface area contributed by atoms with Crippen LogP contribution >= 0.6 is 11.6 Å². The predicted octanol–water partition coefficient (Wildman–Crippen LogP) is 3.83. The fourth-order valence-corrected chi connectivity index (χ4v) is 3.66. The van der Waals surface area contributed by atoms with Crippen LogP contribution in [0.5, 0.6) is 0 Å². The molecule has 28 heavy (non-hydrogen) atoms. The summed E-state index contributed by atoms with van der Waals surface area (Å²) in [6.45, 7) is 2.37. The number of aryl methyl sites for hydroxylation is 1. The summed E-state index contributed by atoms with van der Waals surface area (Å²) < 4.78 is 1.87. The average Bonchev–Trinajstić information content (AvgIpc) is 3.10. The van der Waals surface area contributed by atoms with E-state index >= 15 is 0 Å². The van der Waals surface area contributed by atoms with E-state index in [4.69, 9.17) is 11.6 Å². The summed E-state index contributed by atoms with van der Waals surface area (Å²) >= 11 is 5.98. The molecule has 1 aliphatic heterocycles. The molecule has 1 unspecified atom stereocenters. The minimum absolute atomic E-state index is 0.154. The smallest absolute Gasteiger partial charge is 0.269 e. The number of hydrogen-bond acceptors (Lipinski definition) is 3. The van der Waals surface area contributed by atoms with Crippen LogP contribution in [0, 0.1) is 6.92 Å². The number of fused-ring (bicyclic) bond motifs is 1. The van der Waals surface area contributed by atoms with E-state index in [1.165, 1.54) is 0 Å². The van der Waals surface area contributed by atoms with Crippen molar-refractivity contribution in [2.45, 2.75) is 19.4 Å². The maximum absolute atomic E-state index is 12.6. The van der Waals surface area contributed by atoms with Crippen LogP contribution in [0.15, 0.2) is 54.7 Å². The van der Waals surface area contributed by atoms with Crippen LogP contribution in [-0.4, -0.2) is 27.9 Å². The maximum atomic E-state index is 12.6. The van der Waals surface area contributed by atoms with Gasteiger partial charge in [-0.2, -0.15) is 0 Å². The second kappa shape index (κ2) is 7.48. The van der Waals surface area contributed by atoms with E-state index in [2.05, 4.69) is 15.6 Å². The van der Waals surface area contributed by atoms with Gasteiger partial charge in [-0.3, -0.25) is 9.59 Å². The van der Waals surface area contributed by atoms with Crippen molar-refractivity contribution in [1.29, 1.82) is 0 Å². The Morgan fingerprint density at radius 3 is 2.89 bits per heavy atom. The SMILES string of the molecule is Cc1ccccc1-c1ncc2n1C(CC(=O)Nc1cccc(Cl)c1)CNC2=O. The van der Waals surface area contributed by atoms with E-state index in [1.54, 1.807) is 30.5 Å². The van der Waals surface area contributed by atoms with Crippen LogP contribution in [0.4, 0.5) is 5.69 Å². The molecule has 1 atom stereocenters. The summed E-state index contributed by atoms with van der Waals surface area (Å²) in [6.07, 6.45) is 1.77. The molecule has 7 heteroatoms. The second-order valence-electron chi connectivity index (χ2n) is 6.78. The number of carbonyl (C=O) groups is 2. The molecule has 1 aromatic heterocycles. The van der Waals surface area contributed by atoms with E-state index in [0.717, 1.165) is 11.1 Å². The predicted molar refractivity (Wildman–Crippen MR) is 108 cm³/mol. The van der Waals surface area contributed by atoms with Gasteiger partial charge >= 0.3 is 0 Å². The first-order chi connectivity index (χ1) is 13.5. The Morgan fingerprint density at radius 1 is 1.29 bits per heavy atom. The van der Waals surface area contributed by atoms with Gasteiger partial charge in [0.1, 0.15) is 11.5 Å². The molecule has 0 saturated carbocycles. The zero-order valence-electron chi connectivity index (χ0n) is 15.3. The minimum atomic E-state index is -0.232. The first-order valence-electron chi connectivity index (χ1n) is 9.00. The molecule has 2 amide bonds. The highest BCUT2D eigenvalue weighted by molar-refractivity contribution is 6.30. The van der Waals surface area contributed by atoms with Crippen LogP contribution in [0.2, 0.25) is 5.02 Å². The van der Waals surface area contributed by atoms with Gasteiger partial charge in [0, 0.05) is 29.2 Å². The normalized spacial score (nSPS) is 15.6. The van der Waals surface area contributed by atoms with Crippen molar-refractivity contribution >= 4 is 29.1 Å². The summed E-state index contributed by atoms with van der Waals surface area (Å²) in [7, 11) is 0. The van der Waals surface area contributed by atoms with E-state index in [1.807, 2.05) is 35.8 Å². The Labute approximate surface area is 167 Å². The summed E-state index contributed by atoms with van der Waals surface area (Å²) in [5.41, 5.74) is 3.11. The van der Waals surface area contributed by atoms with Crippen LogP contribution in [0.3, 0.4) is 0 Å². The van der Waals surface area contributed by atoms with Crippen molar-refractivity contribution in [2.24, 2.45) is 0 Å². The molecule has 0 fully saturated rings. The van der Waals surface area contributed by atoms with Crippen molar-refractivity contribution in [1.82, 2.24) is 14.9 Å². The lowest BCUT2D eigenvalue weighted by Crippen LogP contribution is -2.40. The highest BCUT2D eigenvalue weighted by Gasteiger charge is 2.30. The molecule has 0 aliphatic carbocycles. The van der Waals surface area contributed by atoms with Gasteiger partial charge in [-0.1, -0.05) is 41.9 Å². The zero-order valence-corrected chi connectivity index (χ0v) is 16.0. The number of halogens is 1. The number of amides is 2. The highest BCUT2D eigenvalue weighted by Crippen LogP contribution is 2.30. The number of anilines is 1. The van der Waals surface area contributed by atoms with Gasteiger partial charge in [-0.05, 0) is 30.7 Å². The molecule has 0 radical (unpaired) electrons. The number of aromatic nitrogens is 2. The van der Waals surface area contributed by atoms with Crippen LogP contribution in [0.25, 0.3) is 11.4 Å². The molecule has 0 saturated heterocycles. The first kappa shape index (κ1) is 18.3. The molecule has 142 valence electrons. The van der Waals surface area contributed by atoms with E-state index < -0.39 is 0 Å². The third-order valence-corrected chi connectivity index (χ3v) is 5.04. The molecule has 0 spiro atoms. The number of nitrogens with one attached hydrogen (secondary N) is 2. The Morgan fingerprint density at radius 2 is 2.11 bits per heavy atom. The van der Waals surface area contributed by atoms with Gasteiger partial charge in [0.25, 0.3) is 5.91 Å². The fraction of sp³-hybridized carbons (Fsp3) is 0.190. The van der Waals surface area contributed by atoms with Gasteiger partial charge in [-0.15, -0.1) is 0 Å². The van der Waals surface area contributed by atoms with Crippen LogP contribution in [0.1, 0.15) is 28.5 Å². The molecule has 2 aromatic carbocycles. The number of nitrogens with zero attached hydrogens (tertiary/aromatic N) is 2. The molecule has 1 aliphatic rings. The van der Waals surface area contributed by atoms with Gasteiger partial charge < -0.3 is 15.2 Å². The number of carbonyl (C=O) groups excluding carboxylic acids is 2. The number of rotatable bonds is 4. The van der Waals surface area contributed by atoms with Gasteiger partial charge in [-0.25, -0.2) is 4.98 Å². The van der Waals surface area contributed by atoms with Crippen molar-refractivity contribution in [3.05, 3.63) is 71.0 Å². The first-order valence-corrected chi connectivity index (χ1v) is 9.37. The van der Waals surface area contributed by atoms with Gasteiger partial charge in [0.05, 0.1) is 12.2 Å². The largest absolute Gasteiger partial charge is 0.349 e. The minimum Gasteiger partial charge on any atom is -0.349 e. The summed E-state index contributed by atoms with van der Waals surface area (Å²) in [5.74, 6) is 0.362. The van der Waals surface area contributed by atoms with Crippen molar-refractivity contribution < 1.29 is 9.59 Å². The maximum Gasteiger partial charge on any atom is 0.269 e. The molecule has 4 rings (SSSR count). The molecule has 6 nitrogen and oxygen atoms in total. The van der Waals surface area contributed by atoms with E-state index in [-0.39, 0.29) is 24.3 Å². The molecule has 2 heterocycles. The molecule has 2 N–H and O–H groups in total. The van der Waals surface area contributed by atoms with Crippen LogP contribution in [-0.2, 0) is 4.79 Å². The lowest BCUT2D eigenvalue weighted by molar-refractivity contribution is -0.117. The monoisotopic (exact) mass is 394 g/mol. The van der Waals surface area contributed by atoms with Crippen molar-refractivity contribution in [2.75, 3.05) is 11.9 Å². The Kier molecular flexibility index (Phi) is 4.88. The number of benzene rings is 2. The fourth-order valence-electron chi connectivity index (χ4n) is 3.47. The molecular weight excluding hydrogens is 376 g/mol. The second-order valence-corrected chi connectivity index (χ2v) is 7.21. The Hall–Kier alpha value is -3.12. The van der Waals surface area contributed by atoms with Crippen molar-refractivity contribution in [3.63, 3.8) is 0 Å². The summed E-state index contributed by atoms with van der Waals surface area (Å²) in [4.78, 5) is 29.4. The number of imidazole rings is 1. The molecule has 0 bridgehead atoms. The molecule has 3 aromatic rings. The third-order valence-electron chi connectivity index (χ3n) is 4.81. The van der Waals surface area contributed by atoms with E-state index in [9.17, 15) is 9.59 Å². The lowest BCUT2D eigenvalue weighted by Gasteiger charge is -2.27. The van der Waals surface area contributed by atoms with Crippen LogP contribution < -0.4 is 10.6 Å². The molecular formula is C21H19ClN4O2. The topological polar surface area (TPSA) is 76.0 Å². The highest BCUT2D eigenvalue weighted by atomic mass is 35.5. The summed E-state index contributed by atoms with van der Waals surface area (Å²) in [6, 6.07) is 14.7. The zero-order chi connectivity index (χ0) is 19.7.